The van der Waals surface area contributed by atoms with E-state index in [1.54, 1.807) is 55.7 Å². The number of ether oxygens (including phenoxy) is 1. The Labute approximate surface area is 260 Å². The van der Waals surface area contributed by atoms with Gasteiger partial charge in [0.1, 0.15) is 11.8 Å². The Kier molecular flexibility index (Phi) is 9.04. The van der Waals surface area contributed by atoms with Gasteiger partial charge in [0.2, 0.25) is 11.8 Å². The number of benzene rings is 1. The van der Waals surface area contributed by atoms with Crippen LogP contribution in [0, 0.1) is 17.2 Å². The Bertz CT molecular complexity index is 1760. The lowest BCUT2D eigenvalue weighted by atomic mass is 9.94. The van der Waals surface area contributed by atoms with Crippen molar-refractivity contribution in [2.24, 2.45) is 5.92 Å². The van der Waals surface area contributed by atoms with Gasteiger partial charge in [-0.15, -0.1) is 10.2 Å². The SMILES string of the molecule is CNC(=O)c1nnc(NC(=O)C2CC2)cc1Nc1cccc(C2=CNC(C(=O)N(C)Cc3cc(C#N)ccn3)C=C2C)c1OC. The molecule has 13 heteroatoms. The monoisotopic (exact) mass is 607 g/mol. The number of allylic oxidation sites excluding steroid dienone is 2. The first-order valence-corrected chi connectivity index (χ1v) is 14.3. The van der Waals surface area contributed by atoms with Crippen molar-refractivity contribution >= 4 is 40.5 Å². The fraction of sp³-hybridized carbons (Fsp3) is 0.281. The van der Waals surface area contributed by atoms with Crippen LogP contribution in [-0.2, 0) is 16.1 Å². The number of amides is 3. The van der Waals surface area contributed by atoms with Crippen LogP contribution in [0.3, 0.4) is 0 Å². The third-order valence-electron chi connectivity index (χ3n) is 7.45. The van der Waals surface area contributed by atoms with Crippen LogP contribution < -0.4 is 26.0 Å². The largest absolute Gasteiger partial charge is 0.494 e. The number of nitriles is 1. The highest BCUT2D eigenvalue weighted by molar-refractivity contribution is 6.00. The molecule has 4 N–H and O–H groups in total. The second kappa shape index (κ2) is 13.3. The van der Waals surface area contributed by atoms with Gasteiger partial charge < -0.3 is 30.9 Å². The molecule has 13 nitrogen and oxygen atoms in total. The zero-order valence-corrected chi connectivity index (χ0v) is 25.3. The Hall–Kier alpha value is -5.77. The van der Waals surface area contributed by atoms with Crippen molar-refractivity contribution in [1.29, 1.82) is 5.26 Å². The summed E-state index contributed by atoms with van der Waals surface area (Å²) in [5, 5.41) is 29.0. The summed E-state index contributed by atoms with van der Waals surface area (Å²) in [5.41, 5.74) is 4.42. The minimum absolute atomic E-state index is 0.0268. The number of carbonyl (C=O) groups excluding carboxylic acids is 3. The number of rotatable bonds is 10. The first kappa shape index (κ1) is 30.7. The summed E-state index contributed by atoms with van der Waals surface area (Å²) < 4.78 is 5.84. The number of likely N-dealkylation sites (N-methyl/N-ethyl adjacent to an activating group) is 1. The van der Waals surface area contributed by atoms with Gasteiger partial charge >= 0.3 is 0 Å². The highest BCUT2D eigenvalue weighted by atomic mass is 16.5. The quantitative estimate of drug-likeness (QED) is 0.268. The van der Waals surface area contributed by atoms with Crippen molar-refractivity contribution in [2.75, 3.05) is 31.8 Å². The number of nitrogens with zero attached hydrogens (tertiary/aromatic N) is 5. The van der Waals surface area contributed by atoms with Crippen molar-refractivity contribution in [3.63, 3.8) is 0 Å². The van der Waals surface area contributed by atoms with E-state index < -0.39 is 11.9 Å². The number of hydrogen-bond acceptors (Lipinski definition) is 10. The van der Waals surface area contributed by atoms with Gasteiger partial charge in [0.15, 0.2) is 11.5 Å². The van der Waals surface area contributed by atoms with E-state index in [9.17, 15) is 14.4 Å². The smallest absolute Gasteiger partial charge is 0.273 e. The molecule has 1 aliphatic heterocycles. The van der Waals surface area contributed by atoms with Crippen LogP contribution >= 0.6 is 0 Å². The molecule has 2 aromatic heterocycles. The van der Waals surface area contributed by atoms with Crippen molar-refractivity contribution in [3.05, 3.63) is 83.0 Å². The van der Waals surface area contributed by atoms with E-state index in [-0.39, 0.29) is 35.8 Å². The molecule has 0 bridgehead atoms. The molecular weight excluding hydrogens is 574 g/mol. The van der Waals surface area contributed by atoms with Crippen LogP contribution in [0.5, 0.6) is 5.75 Å². The summed E-state index contributed by atoms with van der Waals surface area (Å²) in [7, 11) is 4.73. The van der Waals surface area contributed by atoms with Crippen LogP contribution in [0.2, 0.25) is 0 Å². The maximum absolute atomic E-state index is 13.3. The summed E-state index contributed by atoms with van der Waals surface area (Å²) >= 11 is 0. The lowest BCUT2D eigenvalue weighted by Crippen LogP contribution is -2.43. The predicted molar refractivity (Wildman–Crippen MR) is 167 cm³/mol. The molecule has 0 radical (unpaired) electrons. The van der Waals surface area contributed by atoms with E-state index in [0.29, 0.717) is 28.4 Å². The number of anilines is 3. The number of dihydropyridines is 1. The first-order valence-electron chi connectivity index (χ1n) is 14.3. The zero-order valence-electron chi connectivity index (χ0n) is 25.3. The summed E-state index contributed by atoms with van der Waals surface area (Å²) in [6.07, 6.45) is 6.85. The van der Waals surface area contributed by atoms with Gasteiger partial charge in [-0.25, -0.2) is 0 Å². The molecule has 5 rings (SSSR count). The van der Waals surface area contributed by atoms with E-state index in [1.165, 1.54) is 7.05 Å². The van der Waals surface area contributed by atoms with E-state index in [4.69, 9.17) is 10.00 Å². The molecule has 0 saturated heterocycles. The molecule has 1 aromatic carbocycles. The Balaban J connectivity index is 1.37. The van der Waals surface area contributed by atoms with E-state index in [1.807, 2.05) is 25.1 Å². The minimum atomic E-state index is -0.604. The average molecular weight is 608 g/mol. The van der Waals surface area contributed by atoms with Gasteiger partial charge in [0.05, 0.1) is 42.4 Å². The van der Waals surface area contributed by atoms with Gasteiger partial charge in [0.25, 0.3) is 5.91 Å². The standard InChI is InChI=1S/C32H33N9O4/c1-18-12-26(32(44)41(3)17-21-13-19(15-33)10-11-35-21)36-16-23(18)22-6-5-7-24(29(22)45-4)37-25-14-27(38-30(42)20-8-9-20)39-40-28(25)31(43)34-2/h5-7,10-14,16,20,26,36H,8-9,17H2,1-4H3,(H,34,43)(H2,37,38,39,42). The fourth-order valence-electron chi connectivity index (χ4n) is 4.92. The second-order valence-electron chi connectivity index (χ2n) is 10.7. The molecule has 3 aromatic rings. The second-order valence-corrected chi connectivity index (χ2v) is 10.7. The van der Waals surface area contributed by atoms with Gasteiger partial charge in [-0.2, -0.15) is 5.26 Å². The maximum atomic E-state index is 13.3. The lowest BCUT2D eigenvalue weighted by Gasteiger charge is -2.27. The summed E-state index contributed by atoms with van der Waals surface area (Å²) in [6.45, 7) is 2.17. The van der Waals surface area contributed by atoms with Crippen molar-refractivity contribution < 1.29 is 19.1 Å². The van der Waals surface area contributed by atoms with Crippen LogP contribution in [-0.4, -0.2) is 65.0 Å². The van der Waals surface area contributed by atoms with E-state index in [0.717, 1.165) is 29.6 Å². The van der Waals surface area contributed by atoms with Gasteiger partial charge in [-0.1, -0.05) is 12.1 Å². The lowest BCUT2D eigenvalue weighted by molar-refractivity contribution is -0.131. The number of pyridine rings is 1. The third kappa shape index (κ3) is 6.91. The number of aromatic nitrogens is 3. The van der Waals surface area contributed by atoms with Crippen LogP contribution in [0.15, 0.2) is 60.4 Å². The number of hydrogen-bond donors (Lipinski definition) is 4. The molecule has 1 aliphatic carbocycles. The number of nitrogens with one attached hydrogen (secondary N) is 4. The highest BCUT2D eigenvalue weighted by Gasteiger charge is 2.30. The molecule has 45 heavy (non-hydrogen) atoms. The topological polar surface area (TPSA) is 174 Å². The molecular formula is C32H33N9O4. The van der Waals surface area contributed by atoms with E-state index in [2.05, 4.69) is 42.5 Å². The summed E-state index contributed by atoms with van der Waals surface area (Å²) in [4.78, 5) is 44.0. The van der Waals surface area contributed by atoms with Gasteiger partial charge in [-0.3, -0.25) is 19.4 Å². The number of methoxy groups -OCH3 is 1. The summed E-state index contributed by atoms with van der Waals surface area (Å²) in [5.74, 6) is -0.0493. The molecule has 1 atom stereocenters. The molecule has 230 valence electrons. The molecule has 0 spiro atoms. The Morgan fingerprint density at radius 3 is 2.64 bits per heavy atom. The minimum Gasteiger partial charge on any atom is -0.494 e. The molecule has 3 heterocycles. The fourth-order valence-corrected chi connectivity index (χ4v) is 4.92. The molecule has 1 saturated carbocycles. The molecule has 2 aliphatic rings. The van der Waals surface area contributed by atoms with E-state index >= 15 is 0 Å². The predicted octanol–water partition coefficient (Wildman–Crippen LogP) is 3.12. The Morgan fingerprint density at radius 2 is 1.96 bits per heavy atom. The highest BCUT2D eigenvalue weighted by Crippen LogP contribution is 2.39. The number of carbonyl (C=O) groups is 3. The van der Waals surface area contributed by atoms with Gasteiger partial charge in [-0.05, 0) is 49.6 Å². The first-order chi connectivity index (χ1) is 21.7. The molecule has 1 fully saturated rings. The van der Waals surface area contributed by atoms with Crippen molar-refractivity contribution in [3.8, 4) is 11.8 Å². The van der Waals surface area contributed by atoms with Crippen molar-refractivity contribution in [1.82, 2.24) is 30.7 Å². The number of para-hydroxylation sites is 1. The zero-order chi connectivity index (χ0) is 32.1. The normalized spacial score (nSPS) is 15.4. The van der Waals surface area contributed by atoms with Crippen LogP contribution in [0.25, 0.3) is 5.57 Å². The molecule has 1 unspecified atom stereocenters. The maximum Gasteiger partial charge on any atom is 0.273 e. The molecule has 3 amide bonds. The third-order valence-corrected chi connectivity index (χ3v) is 7.45. The van der Waals surface area contributed by atoms with Crippen LogP contribution in [0.4, 0.5) is 17.2 Å². The Morgan fingerprint density at radius 1 is 1.16 bits per heavy atom. The van der Waals surface area contributed by atoms with Gasteiger partial charge in [0, 0.05) is 49.6 Å². The van der Waals surface area contributed by atoms with Crippen molar-refractivity contribution in [2.45, 2.75) is 32.4 Å². The van der Waals surface area contributed by atoms with Crippen LogP contribution in [0.1, 0.15) is 47.1 Å². The summed E-state index contributed by atoms with van der Waals surface area (Å²) in [6, 6.07) is 11.9. The average Bonchev–Trinajstić information content (AvgIpc) is 3.90.